The SMILES string of the molecule is CC1(C)CC(=O)c2cc(CCC(=O)O)c(O[C@@H]3O[C@H](CO)[C@@H](O)[C@H](O)[C@H]3O)cc2O1. The van der Waals surface area contributed by atoms with Crippen molar-refractivity contribution < 1.29 is 49.3 Å². The van der Waals surface area contributed by atoms with Crippen LogP contribution >= 0.6 is 0 Å². The number of carboxylic acids is 1. The molecule has 30 heavy (non-hydrogen) atoms. The number of ether oxygens (including phenoxy) is 3. The number of hydrogen-bond donors (Lipinski definition) is 5. The number of carbonyl (C=O) groups is 2. The first-order valence-electron chi connectivity index (χ1n) is 9.60. The summed E-state index contributed by atoms with van der Waals surface area (Å²) in [5.41, 5.74) is -0.0618. The first-order chi connectivity index (χ1) is 14.0. The Balaban J connectivity index is 1.95. The van der Waals surface area contributed by atoms with Crippen LogP contribution in [0.25, 0.3) is 0 Å². The van der Waals surface area contributed by atoms with Gasteiger partial charge in [0.1, 0.15) is 41.5 Å². The minimum absolute atomic E-state index is 0.0338. The fourth-order valence-electron chi connectivity index (χ4n) is 3.56. The Morgan fingerprint density at radius 2 is 1.90 bits per heavy atom. The minimum Gasteiger partial charge on any atom is -0.486 e. The van der Waals surface area contributed by atoms with E-state index in [1.54, 1.807) is 13.8 Å². The van der Waals surface area contributed by atoms with Crippen molar-refractivity contribution >= 4 is 11.8 Å². The van der Waals surface area contributed by atoms with Crippen molar-refractivity contribution in [3.05, 3.63) is 23.3 Å². The first-order valence-corrected chi connectivity index (χ1v) is 9.60. The van der Waals surface area contributed by atoms with Gasteiger partial charge in [-0.2, -0.15) is 0 Å². The number of aryl methyl sites for hydroxylation is 1. The van der Waals surface area contributed by atoms with E-state index in [0.717, 1.165) is 0 Å². The zero-order chi connectivity index (χ0) is 22.2. The Kier molecular flexibility index (Phi) is 6.34. The quantitative estimate of drug-likeness (QED) is 0.405. The number of aliphatic carboxylic acids is 1. The lowest BCUT2D eigenvalue weighted by Gasteiger charge is -2.40. The van der Waals surface area contributed by atoms with Crippen LogP contribution in [0.2, 0.25) is 0 Å². The molecule has 0 aliphatic carbocycles. The van der Waals surface area contributed by atoms with Crippen molar-refractivity contribution in [2.24, 2.45) is 0 Å². The maximum Gasteiger partial charge on any atom is 0.303 e. The van der Waals surface area contributed by atoms with Gasteiger partial charge < -0.3 is 39.7 Å². The van der Waals surface area contributed by atoms with Crippen molar-refractivity contribution in [3.63, 3.8) is 0 Å². The number of benzene rings is 1. The predicted molar refractivity (Wildman–Crippen MR) is 100 cm³/mol. The molecule has 1 aromatic carbocycles. The zero-order valence-electron chi connectivity index (χ0n) is 16.6. The van der Waals surface area contributed by atoms with Crippen LogP contribution in [-0.2, 0) is 16.0 Å². The number of carbonyl (C=O) groups excluding carboxylic acids is 1. The minimum atomic E-state index is -1.63. The molecular weight excluding hydrogens is 400 g/mol. The Hall–Kier alpha value is -2.24. The predicted octanol–water partition coefficient (Wildman–Crippen LogP) is -0.374. The largest absolute Gasteiger partial charge is 0.486 e. The molecule has 10 heteroatoms. The van der Waals surface area contributed by atoms with Crippen LogP contribution < -0.4 is 9.47 Å². The molecule has 0 bridgehead atoms. The molecule has 1 saturated heterocycles. The van der Waals surface area contributed by atoms with Gasteiger partial charge in [-0.1, -0.05) is 0 Å². The molecule has 3 rings (SSSR count). The third kappa shape index (κ3) is 4.57. The van der Waals surface area contributed by atoms with E-state index in [9.17, 15) is 30.0 Å². The van der Waals surface area contributed by atoms with Crippen molar-refractivity contribution in [1.82, 2.24) is 0 Å². The molecule has 1 aromatic rings. The zero-order valence-corrected chi connectivity index (χ0v) is 16.6. The van der Waals surface area contributed by atoms with Crippen LogP contribution in [0.15, 0.2) is 12.1 Å². The van der Waals surface area contributed by atoms with Crippen molar-refractivity contribution in [1.29, 1.82) is 0 Å². The molecule has 10 nitrogen and oxygen atoms in total. The van der Waals surface area contributed by atoms with Crippen LogP contribution in [0.4, 0.5) is 0 Å². The summed E-state index contributed by atoms with van der Waals surface area (Å²) in [6, 6.07) is 2.92. The third-order valence-electron chi connectivity index (χ3n) is 5.14. The van der Waals surface area contributed by atoms with E-state index in [4.69, 9.17) is 19.3 Å². The highest BCUT2D eigenvalue weighted by atomic mass is 16.7. The highest BCUT2D eigenvalue weighted by molar-refractivity contribution is 6.00. The van der Waals surface area contributed by atoms with Gasteiger partial charge in [-0.25, -0.2) is 0 Å². The van der Waals surface area contributed by atoms with Gasteiger partial charge in [0.05, 0.1) is 18.6 Å². The molecule has 0 aromatic heterocycles. The summed E-state index contributed by atoms with van der Waals surface area (Å²) in [6.07, 6.45) is -7.45. The number of rotatable bonds is 6. The lowest BCUT2D eigenvalue weighted by Crippen LogP contribution is -2.60. The van der Waals surface area contributed by atoms with Gasteiger partial charge in [-0.15, -0.1) is 0 Å². The lowest BCUT2D eigenvalue weighted by molar-refractivity contribution is -0.277. The average molecular weight is 426 g/mol. The van der Waals surface area contributed by atoms with Gasteiger partial charge in [-0.3, -0.25) is 9.59 Å². The van der Waals surface area contributed by atoms with Crippen LogP contribution in [0.3, 0.4) is 0 Å². The number of ketones is 1. The van der Waals surface area contributed by atoms with E-state index in [2.05, 4.69) is 0 Å². The number of aliphatic hydroxyl groups excluding tert-OH is 4. The van der Waals surface area contributed by atoms with Gasteiger partial charge in [0.25, 0.3) is 0 Å². The van der Waals surface area contributed by atoms with E-state index >= 15 is 0 Å². The van der Waals surface area contributed by atoms with E-state index in [1.807, 2.05) is 0 Å². The van der Waals surface area contributed by atoms with Gasteiger partial charge in [0.15, 0.2) is 5.78 Å². The summed E-state index contributed by atoms with van der Waals surface area (Å²) in [6.45, 7) is 2.89. The topological polar surface area (TPSA) is 163 Å². The highest BCUT2D eigenvalue weighted by Crippen LogP contribution is 2.39. The maximum atomic E-state index is 12.5. The van der Waals surface area contributed by atoms with E-state index in [-0.39, 0.29) is 36.5 Å². The first kappa shape index (κ1) is 22.4. The molecule has 0 saturated carbocycles. The van der Waals surface area contributed by atoms with Crippen molar-refractivity contribution in [3.8, 4) is 11.5 Å². The molecule has 2 heterocycles. The second kappa shape index (κ2) is 8.48. The summed E-state index contributed by atoms with van der Waals surface area (Å²) in [7, 11) is 0. The summed E-state index contributed by atoms with van der Waals surface area (Å²) >= 11 is 0. The Labute approximate surface area is 172 Å². The monoisotopic (exact) mass is 426 g/mol. The number of aliphatic hydroxyl groups is 4. The van der Waals surface area contributed by atoms with Crippen LogP contribution in [0.5, 0.6) is 11.5 Å². The van der Waals surface area contributed by atoms with Crippen molar-refractivity contribution in [2.75, 3.05) is 6.61 Å². The summed E-state index contributed by atoms with van der Waals surface area (Å²) in [5.74, 6) is -0.854. The molecule has 0 amide bonds. The Bertz CT molecular complexity index is 818. The molecule has 0 spiro atoms. The van der Waals surface area contributed by atoms with Gasteiger partial charge in [0.2, 0.25) is 6.29 Å². The molecule has 2 aliphatic rings. The number of Topliss-reactive ketones (excluding diaryl/α,β-unsaturated/α-hetero) is 1. The average Bonchev–Trinajstić information content (AvgIpc) is 2.66. The molecule has 2 aliphatic heterocycles. The van der Waals surface area contributed by atoms with E-state index < -0.39 is 48.9 Å². The molecule has 5 atom stereocenters. The highest BCUT2D eigenvalue weighted by Gasteiger charge is 2.45. The normalized spacial score (nSPS) is 30.3. The van der Waals surface area contributed by atoms with E-state index in [0.29, 0.717) is 11.1 Å². The van der Waals surface area contributed by atoms with Crippen molar-refractivity contribution in [2.45, 2.75) is 69.4 Å². The van der Waals surface area contributed by atoms with Crippen LogP contribution in [-0.4, -0.2) is 80.2 Å². The second-order valence-corrected chi connectivity index (χ2v) is 8.13. The fourth-order valence-corrected chi connectivity index (χ4v) is 3.56. The van der Waals surface area contributed by atoms with Gasteiger partial charge in [-0.05, 0) is 31.9 Å². The van der Waals surface area contributed by atoms with Gasteiger partial charge in [0, 0.05) is 12.5 Å². The third-order valence-corrected chi connectivity index (χ3v) is 5.14. The molecule has 0 unspecified atom stereocenters. The number of fused-ring (bicyclic) bond motifs is 1. The Morgan fingerprint density at radius 1 is 1.20 bits per heavy atom. The van der Waals surface area contributed by atoms with Crippen LogP contribution in [0, 0.1) is 0 Å². The number of carboxylic acid groups (broad SMARTS) is 1. The smallest absolute Gasteiger partial charge is 0.303 e. The number of hydrogen-bond acceptors (Lipinski definition) is 9. The molecule has 5 N–H and O–H groups in total. The second-order valence-electron chi connectivity index (χ2n) is 8.13. The molecule has 0 radical (unpaired) electrons. The summed E-state index contributed by atoms with van der Waals surface area (Å²) in [5, 5.41) is 48.5. The van der Waals surface area contributed by atoms with E-state index in [1.165, 1.54) is 12.1 Å². The summed E-state index contributed by atoms with van der Waals surface area (Å²) < 4.78 is 16.9. The standard InChI is InChI=1S/C20H26O10/c1-20(2)7-11(22)10-5-9(3-4-15(23)24)12(6-13(10)30-20)28-19-18(27)17(26)16(25)14(8-21)29-19/h5-6,14,16-19,21,25-27H,3-4,7-8H2,1-2H3,(H,23,24)/t14-,16-,17+,18-,19-/m1/s1. The maximum absolute atomic E-state index is 12.5. The molecule has 1 fully saturated rings. The Morgan fingerprint density at radius 3 is 2.53 bits per heavy atom. The molecule has 166 valence electrons. The fraction of sp³-hybridized carbons (Fsp3) is 0.600. The molecular formula is C20H26O10. The lowest BCUT2D eigenvalue weighted by atomic mass is 9.91. The van der Waals surface area contributed by atoms with Crippen LogP contribution in [0.1, 0.15) is 42.6 Å². The summed E-state index contributed by atoms with van der Waals surface area (Å²) in [4.78, 5) is 23.6. The van der Waals surface area contributed by atoms with Gasteiger partial charge >= 0.3 is 5.97 Å².